The molecule has 11 heavy (non-hydrogen) atoms. The van der Waals surface area contributed by atoms with Gasteiger partial charge in [0.05, 0.1) is 13.2 Å². The van der Waals surface area contributed by atoms with Gasteiger partial charge in [-0.2, -0.15) is 0 Å². The maximum absolute atomic E-state index is 4.96. The highest BCUT2D eigenvalue weighted by Gasteiger charge is 1.99. The van der Waals surface area contributed by atoms with Gasteiger partial charge in [0.25, 0.3) is 0 Å². The average molecular weight is 155 g/mol. The molecule has 1 aromatic rings. The van der Waals surface area contributed by atoms with Crippen LogP contribution in [0, 0.1) is 0 Å². The van der Waals surface area contributed by atoms with E-state index in [-0.39, 0.29) is 0 Å². The van der Waals surface area contributed by atoms with Crippen molar-refractivity contribution in [1.82, 2.24) is 4.57 Å². The molecule has 0 amide bonds. The van der Waals surface area contributed by atoms with Gasteiger partial charge in [0.1, 0.15) is 18.9 Å². The smallest absolute Gasteiger partial charge is 0.243 e. The van der Waals surface area contributed by atoms with Crippen LogP contribution >= 0.6 is 0 Å². The van der Waals surface area contributed by atoms with Crippen molar-refractivity contribution in [3.63, 3.8) is 0 Å². The summed E-state index contributed by atoms with van der Waals surface area (Å²) < 4.78 is 9.21. The first-order chi connectivity index (χ1) is 5.36. The number of aromatic nitrogens is 2. The van der Waals surface area contributed by atoms with Crippen molar-refractivity contribution in [3.8, 4) is 0 Å². The van der Waals surface area contributed by atoms with E-state index in [1.807, 2.05) is 0 Å². The normalized spacial score (nSPS) is 10.4. The molecule has 3 heteroatoms. The van der Waals surface area contributed by atoms with Crippen LogP contribution in [0.15, 0.2) is 18.7 Å². The number of aryl methyl sites for hydroxylation is 1. The second-order valence-electron chi connectivity index (χ2n) is 2.47. The number of imidazole rings is 1. The number of ether oxygens (including phenoxy) is 1. The summed E-state index contributed by atoms with van der Waals surface area (Å²) in [6.07, 6.45) is 6.21. The van der Waals surface area contributed by atoms with Crippen LogP contribution < -0.4 is 4.57 Å². The Bertz CT molecular complexity index is 208. The summed E-state index contributed by atoms with van der Waals surface area (Å²) in [6, 6.07) is 0. The fourth-order valence-electron chi connectivity index (χ4n) is 0.955. The third-order valence-corrected chi connectivity index (χ3v) is 1.67. The summed E-state index contributed by atoms with van der Waals surface area (Å²) in [4.78, 5) is 0. The highest BCUT2D eigenvalue weighted by Crippen LogP contribution is 1.82. The highest BCUT2D eigenvalue weighted by atomic mass is 16.5. The predicted octanol–water partition coefficient (Wildman–Crippen LogP) is 0.442. The first kappa shape index (κ1) is 8.27. The Hall–Kier alpha value is -0.830. The van der Waals surface area contributed by atoms with Crippen molar-refractivity contribution in [2.24, 2.45) is 0 Å². The van der Waals surface area contributed by atoms with Crippen LogP contribution in [-0.2, 0) is 17.8 Å². The van der Waals surface area contributed by atoms with Crippen LogP contribution in [-0.4, -0.2) is 18.3 Å². The van der Waals surface area contributed by atoms with Crippen LogP contribution in [0.25, 0.3) is 0 Å². The summed E-state index contributed by atoms with van der Waals surface area (Å²) in [5.41, 5.74) is 0. The summed E-state index contributed by atoms with van der Waals surface area (Å²) in [5.74, 6) is 0. The van der Waals surface area contributed by atoms with Crippen LogP contribution in [0.4, 0.5) is 0 Å². The van der Waals surface area contributed by atoms with Gasteiger partial charge in [0.2, 0.25) is 6.33 Å². The molecule has 1 heterocycles. The first-order valence-corrected chi connectivity index (χ1v) is 3.90. The SMILES string of the molecule is CCn1cc[n+](CCOC)c1. The fraction of sp³-hybridized carbons (Fsp3) is 0.625. The van der Waals surface area contributed by atoms with E-state index in [0.29, 0.717) is 0 Å². The minimum absolute atomic E-state index is 0.776. The summed E-state index contributed by atoms with van der Waals surface area (Å²) >= 11 is 0. The Kier molecular flexibility index (Phi) is 3.11. The second-order valence-corrected chi connectivity index (χ2v) is 2.47. The van der Waals surface area contributed by atoms with Crippen LogP contribution in [0.5, 0.6) is 0 Å². The Labute approximate surface area is 67.2 Å². The van der Waals surface area contributed by atoms with Crippen molar-refractivity contribution < 1.29 is 9.30 Å². The molecule has 0 radical (unpaired) electrons. The van der Waals surface area contributed by atoms with Gasteiger partial charge in [-0.3, -0.25) is 0 Å². The molecular formula is C8H15N2O+. The molecule has 0 bridgehead atoms. The van der Waals surface area contributed by atoms with Crippen molar-refractivity contribution >= 4 is 0 Å². The molecule has 0 unspecified atom stereocenters. The molecule has 3 nitrogen and oxygen atoms in total. The number of hydrogen-bond acceptors (Lipinski definition) is 1. The maximum atomic E-state index is 4.96. The van der Waals surface area contributed by atoms with Crippen molar-refractivity contribution in [3.05, 3.63) is 18.7 Å². The van der Waals surface area contributed by atoms with E-state index in [1.54, 1.807) is 7.11 Å². The maximum Gasteiger partial charge on any atom is 0.243 e. The molecule has 0 fully saturated rings. The van der Waals surface area contributed by atoms with Gasteiger partial charge in [0.15, 0.2) is 0 Å². The van der Waals surface area contributed by atoms with Gasteiger partial charge in [-0.05, 0) is 6.92 Å². The molecule has 0 saturated carbocycles. The van der Waals surface area contributed by atoms with Gasteiger partial charge in [-0.25, -0.2) is 9.13 Å². The largest absolute Gasteiger partial charge is 0.381 e. The Balaban J connectivity index is 2.44. The molecule has 0 saturated heterocycles. The second kappa shape index (κ2) is 4.13. The molecule has 0 spiro atoms. The topological polar surface area (TPSA) is 18.0 Å². The summed E-state index contributed by atoms with van der Waals surface area (Å²) in [6.45, 7) is 4.86. The number of rotatable bonds is 4. The van der Waals surface area contributed by atoms with Crippen LogP contribution in [0.1, 0.15) is 6.92 Å². The van der Waals surface area contributed by atoms with Crippen molar-refractivity contribution in [2.75, 3.05) is 13.7 Å². The minimum Gasteiger partial charge on any atom is -0.381 e. The Morgan fingerprint density at radius 1 is 1.55 bits per heavy atom. The quantitative estimate of drug-likeness (QED) is 0.577. The predicted molar refractivity (Wildman–Crippen MR) is 42.2 cm³/mol. The molecule has 0 aromatic carbocycles. The molecule has 0 aliphatic heterocycles. The zero-order chi connectivity index (χ0) is 8.10. The standard InChI is InChI=1S/C8H15N2O/c1-3-9-4-5-10(8-9)6-7-11-2/h4-5,8H,3,6-7H2,1-2H3/q+1. The third kappa shape index (κ3) is 2.35. The van der Waals surface area contributed by atoms with Crippen molar-refractivity contribution in [2.45, 2.75) is 20.0 Å². The van der Waals surface area contributed by atoms with Gasteiger partial charge >= 0.3 is 0 Å². The van der Waals surface area contributed by atoms with E-state index in [4.69, 9.17) is 4.74 Å². The molecular weight excluding hydrogens is 140 g/mol. The Morgan fingerprint density at radius 3 is 2.91 bits per heavy atom. The van der Waals surface area contributed by atoms with Gasteiger partial charge in [0, 0.05) is 7.11 Å². The van der Waals surface area contributed by atoms with E-state index >= 15 is 0 Å². The monoisotopic (exact) mass is 155 g/mol. The number of nitrogens with zero attached hydrogens (tertiary/aromatic N) is 2. The van der Waals surface area contributed by atoms with Gasteiger partial charge in [-0.15, -0.1) is 0 Å². The van der Waals surface area contributed by atoms with E-state index < -0.39 is 0 Å². The van der Waals surface area contributed by atoms with Gasteiger partial charge in [-0.1, -0.05) is 0 Å². The van der Waals surface area contributed by atoms with Crippen LogP contribution in [0.2, 0.25) is 0 Å². The molecule has 0 atom stereocenters. The molecule has 1 aromatic heterocycles. The average Bonchev–Trinajstić information content (AvgIpc) is 2.48. The molecule has 0 N–H and O–H groups in total. The lowest BCUT2D eigenvalue weighted by atomic mass is 10.7. The minimum atomic E-state index is 0.776. The highest BCUT2D eigenvalue weighted by molar-refractivity contribution is 4.64. The zero-order valence-corrected chi connectivity index (χ0v) is 7.16. The lowest BCUT2D eigenvalue weighted by molar-refractivity contribution is -0.697. The molecule has 62 valence electrons. The van der Waals surface area contributed by atoms with Gasteiger partial charge < -0.3 is 4.74 Å². The summed E-state index contributed by atoms with van der Waals surface area (Å²) in [7, 11) is 1.72. The molecule has 0 aliphatic rings. The summed E-state index contributed by atoms with van der Waals surface area (Å²) in [5, 5.41) is 0. The zero-order valence-electron chi connectivity index (χ0n) is 7.16. The Morgan fingerprint density at radius 2 is 2.36 bits per heavy atom. The first-order valence-electron chi connectivity index (χ1n) is 3.90. The van der Waals surface area contributed by atoms with E-state index in [1.165, 1.54) is 0 Å². The fourth-order valence-corrected chi connectivity index (χ4v) is 0.955. The van der Waals surface area contributed by atoms with Crippen LogP contribution in [0.3, 0.4) is 0 Å². The third-order valence-electron chi connectivity index (χ3n) is 1.67. The van der Waals surface area contributed by atoms with E-state index in [9.17, 15) is 0 Å². The number of methoxy groups -OCH3 is 1. The van der Waals surface area contributed by atoms with E-state index in [2.05, 4.69) is 34.8 Å². The van der Waals surface area contributed by atoms with Crippen molar-refractivity contribution in [1.29, 1.82) is 0 Å². The lowest BCUT2D eigenvalue weighted by Gasteiger charge is -1.92. The number of hydrogen-bond donors (Lipinski definition) is 0. The lowest BCUT2D eigenvalue weighted by Crippen LogP contribution is -2.33. The molecule has 0 aliphatic carbocycles. The van der Waals surface area contributed by atoms with E-state index in [0.717, 1.165) is 19.7 Å². The molecule has 1 rings (SSSR count).